The molecule has 7 heavy (non-hydrogen) atoms. The summed E-state index contributed by atoms with van der Waals surface area (Å²) in [5, 5.41) is 0. The number of halogens is 1. The van der Waals surface area contributed by atoms with Crippen LogP contribution in [0.4, 0.5) is 0 Å². The average Bonchev–Trinajstić information content (AvgIpc) is 1.68. The molecule has 0 aromatic heterocycles. The maximum Gasteiger partial charge on any atom is 0.108 e. The van der Waals surface area contributed by atoms with Crippen LogP contribution in [-0.4, -0.2) is 12.0 Å². The minimum absolute atomic E-state index is 0.0965. The molecule has 0 aliphatic rings. The van der Waals surface area contributed by atoms with Crippen molar-refractivity contribution in [3.05, 3.63) is 12.8 Å². The summed E-state index contributed by atoms with van der Waals surface area (Å²) in [6.07, 6.45) is 1.49. The number of rotatable bonds is 3. The molecule has 0 spiro atoms. The number of ether oxygens (including phenoxy) is 1. The van der Waals surface area contributed by atoms with Crippen molar-refractivity contribution in [2.75, 3.05) is 5.88 Å². The number of hydrogen-bond donors (Lipinski definition) is 0. The van der Waals surface area contributed by atoms with Crippen LogP contribution in [0, 0.1) is 0 Å². The molecule has 0 aliphatic heterocycles. The highest BCUT2D eigenvalue weighted by Crippen LogP contribution is 1.91. The van der Waals surface area contributed by atoms with Crippen molar-refractivity contribution in [1.29, 1.82) is 0 Å². The van der Waals surface area contributed by atoms with E-state index in [1.807, 2.05) is 6.92 Å². The molecule has 0 saturated heterocycles. The Kier molecular flexibility index (Phi) is 3.90. The Labute approximate surface area is 48.9 Å². The van der Waals surface area contributed by atoms with Crippen LogP contribution in [0.15, 0.2) is 12.8 Å². The summed E-state index contributed by atoms with van der Waals surface area (Å²) in [5.41, 5.74) is 0. The van der Waals surface area contributed by atoms with Crippen molar-refractivity contribution in [3.63, 3.8) is 0 Å². The van der Waals surface area contributed by atoms with Gasteiger partial charge in [-0.05, 0) is 6.92 Å². The lowest BCUT2D eigenvalue weighted by Crippen LogP contribution is -2.03. The third-order valence-electron chi connectivity index (χ3n) is 0.546. The Morgan fingerprint density at radius 3 is 2.71 bits per heavy atom. The first-order chi connectivity index (χ1) is 3.31. The van der Waals surface area contributed by atoms with Gasteiger partial charge in [0.1, 0.15) is 6.10 Å². The van der Waals surface area contributed by atoms with Crippen molar-refractivity contribution >= 4 is 11.6 Å². The molecular formula is C5H9ClO. The largest absolute Gasteiger partial charge is 0.498 e. The summed E-state index contributed by atoms with van der Waals surface area (Å²) in [7, 11) is 0. The first-order valence-electron chi connectivity index (χ1n) is 2.13. The average molecular weight is 121 g/mol. The van der Waals surface area contributed by atoms with E-state index < -0.39 is 0 Å². The van der Waals surface area contributed by atoms with Gasteiger partial charge in [0.05, 0.1) is 12.1 Å². The van der Waals surface area contributed by atoms with Gasteiger partial charge in [-0.2, -0.15) is 0 Å². The summed E-state index contributed by atoms with van der Waals surface area (Å²) >= 11 is 5.36. The van der Waals surface area contributed by atoms with Gasteiger partial charge < -0.3 is 4.74 Å². The van der Waals surface area contributed by atoms with E-state index in [2.05, 4.69) is 6.58 Å². The highest BCUT2D eigenvalue weighted by atomic mass is 35.5. The molecule has 0 radical (unpaired) electrons. The topological polar surface area (TPSA) is 9.23 Å². The lowest BCUT2D eigenvalue weighted by Gasteiger charge is -2.03. The number of hydrogen-bond acceptors (Lipinski definition) is 1. The van der Waals surface area contributed by atoms with Crippen molar-refractivity contribution in [2.24, 2.45) is 0 Å². The van der Waals surface area contributed by atoms with E-state index in [1.165, 1.54) is 6.26 Å². The molecule has 0 bridgehead atoms. The molecule has 0 fully saturated rings. The van der Waals surface area contributed by atoms with Gasteiger partial charge >= 0.3 is 0 Å². The van der Waals surface area contributed by atoms with Gasteiger partial charge in [0.2, 0.25) is 0 Å². The van der Waals surface area contributed by atoms with E-state index in [-0.39, 0.29) is 6.10 Å². The third-order valence-corrected chi connectivity index (χ3v) is 0.980. The molecule has 2 heteroatoms. The smallest absolute Gasteiger partial charge is 0.108 e. The molecule has 0 amide bonds. The van der Waals surface area contributed by atoms with Crippen LogP contribution in [0.2, 0.25) is 0 Å². The van der Waals surface area contributed by atoms with Crippen LogP contribution < -0.4 is 0 Å². The molecule has 1 unspecified atom stereocenters. The fourth-order valence-corrected chi connectivity index (χ4v) is 0.273. The molecule has 1 atom stereocenters. The third kappa shape index (κ3) is 3.67. The molecule has 0 aromatic carbocycles. The van der Waals surface area contributed by atoms with Gasteiger partial charge in [-0.3, -0.25) is 0 Å². The monoisotopic (exact) mass is 120 g/mol. The Hall–Kier alpha value is -0.170. The summed E-state index contributed by atoms with van der Waals surface area (Å²) in [6, 6.07) is 0. The van der Waals surface area contributed by atoms with Crippen LogP contribution in [-0.2, 0) is 4.74 Å². The predicted molar refractivity (Wildman–Crippen MR) is 31.5 cm³/mol. The molecule has 0 saturated carbocycles. The highest BCUT2D eigenvalue weighted by molar-refractivity contribution is 6.18. The summed E-state index contributed by atoms with van der Waals surface area (Å²) in [4.78, 5) is 0. The Morgan fingerprint density at radius 1 is 2.00 bits per heavy atom. The van der Waals surface area contributed by atoms with E-state index in [0.717, 1.165) is 0 Å². The van der Waals surface area contributed by atoms with Gasteiger partial charge in [-0.15, -0.1) is 11.6 Å². The minimum atomic E-state index is 0.0965. The molecule has 0 aliphatic carbocycles. The zero-order chi connectivity index (χ0) is 5.70. The SMILES string of the molecule is C=COC(C)CCl. The van der Waals surface area contributed by atoms with Crippen molar-refractivity contribution in [2.45, 2.75) is 13.0 Å². The molecule has 1 nitrogen and oxygen atoms in total. The lowest BCUT2D eigenvalue weighted by molar-refractivity contribution is 0.183. The Balaban J connectivity index is 2.98. The van der Waals surface area contributed by atoms with Crippen molar-refractivity contribution in [1.82, 2.24) is 0 Å². The van der Waals surface area contributed by atoms with Gasteiger partial charge in [0.25, 0.3) is 0 Å². The summed E-state index contributed by atoms with van der Waals surface area (Å²) < 4.78 is 4.82. The molecular weight excluding hydrogens is 112 g/mol. The molecule has 0 heterocycles. The van der Waals surface area contributed by atoms with E-state index in [1.54, 1.807) is 0 Å². The van der Waals surface area contributed by atoms with Crippen molar-refractivity contribution in [3.8, 4) is 0 Å². The van der Waals surface area contributed by atoms with Gasteiger partial charge in [-0.25, -0.2) is 0 Å². The predicted octanol–water partition coefficient (Wildman–Crippen LogP) is 1.77. The Bertz CT molecular complexity index is 54.0. The highest BCUT2D eigenvalue weighted by Gasteiger charge is 1.92. The van der Waals surface area contributed by atoms with E-state index in [9.17, 15) is 0 Å². The maximum atomic E-state index is 5.36. The van der Waals surface area contributed by atoms with Crippen molar-refractivity contribution < 1.29 is 4.74 Å². The normalized spacial score (nSPS) is 12.9. The zero-order valence-electron chi connectivity index (χ0n) is 4.36. The van der Waals surface area contributed by atoms with Crippen LogP contribution >= 0.6 is 11.6 Å². The van der Waals surface area contributed by atoms with Gasteiger partial charge in [0.15, 0.2) is 0 Å². The van der Waals surface area contributed by atoms with Crippen LogP contribution in [0.25, 0.3) is 0 Å². The van der Waals surface area contributed by atoms with E-state index in [0.29, 0.717) is 5.88 Å². The quantitative estimate of drug-likeness (QED) is 0.408. The fourth-order valence-electron chi connectivity index (χ4n) is 0.201. The van der Waals surface area contributed by atoms with E-state index >= 15 is 0 Å². The standard InChI is InChI=1S/C5H9ClO/c1-3-7-5(2)4-6/h3,5H,1,4H2,2H3. The number of alkyl halides is 1. The van der Waals surface area contributed by atoms with Crippen LogP contribution in [0.5, 0.6) is 0 Å². The minimum Gasteiger partial charge on any atom is -0.498 e. The second-order valence-electron chi connectivity index (χ2n) is 1.27. The maximum absolute atomic E-state index is 5.36. The van der Waals surface area contributed by atoms with Crippen LogP contribution in [0.1, 0.15) is 6.92 Å². The molecule has 0 N–H and O–H groups in total. The van der Waals surface area contributed by atoms with E-state index in [4.69, 9.17) is 16.3 Å². The fraction of sp³-hybridized carbons (Fsp3) is 0.600. The molecule has 0 aromatic rings. The zero-order valence-corrected chi connectivity index (χ0v) is 5.11. The second kappa shape index (κ2) is 4.00. The van der Waals surface area contributed by atoms with Gasteiger partial charge in [0, 0.05) is 0 Å². The lowest BCUT2D eigenvalue weighted by atomic mass is 10.5. The summed E-state index contributed by atoms with van der Waals surface area (Å²) in [5.74, 6) is 0.520. The summed E-state index contributed by atoms with van der Waals surface area (Å²) in [6.45, 7) is 5.25. The van der Waals surface area contributed by atoms with Crippen LogP contribution in [0.3, 0.4) is 0 Å². The molecule has 0 rings (SSSR count). The second-order valence-corrected chi connectivity index (χ2v) is 1.58. The first-order valence-corrected chi connectivity index (χ1v) is 2.67. The first kappa shape index (κ1) is 6.83. The Morgan fingerprint density at radius 2 is 2.57 bits per heavy atom. The molecule has 42 valence electrons. The van der Waals surface area contributed by atoms with Gasteiger partial charge in [-0.1, -0.05) is 6.58 Å².